The first-order valence-corrected chi connectivity index (χ1v) is 8.08. The smallest absolute Gasteiger partial charge is 0.348 e. The molecule has 1 aromatic heterocycles. The Kier molecular flexibility index (Phi) is 4.84. The average molecular weight is 351 g/mol. The van der Waals surface area contributed by atoms with E-state index in [9.17, 15) is 14.7 Å². The van der Waals surface area contributed by atoms with E-state index in [0.717, 1.165) is 5.56 Å². The third-order valence-electron chi connectivity index (χ3n) is 3.86. The van der Waals surface area contributed by atoms with Crippen molar-refractivity contribution in [1.29, 1.82) is 0 Å². The summed E-state index contributed by atoms with van der Waals surface area (Å²) in [4.78, 5) is 28.0. The van der Waals surface area contributed by atoms with Crippen LogP contribution in [0.15, 0.2) is 56.7 Å². The maximum absolute atomic E-state index is 12.2. The van der Waals surface area contributed by atoms with Crippen molar-refractivity contribution in [1.82, 2.24) is 0 Å². The SMILES string of the molecule is CCOC(=O)c1ccc(N=Cc2c(O)c3cccc(C)c3oc2=O)cc1. The molecule has 0 unspecified atom stereocenters. The normalized spacial score (nSPS) is 11.2. The molecule has 0 saturated carbocycles. The van der Waals surface area contributed by atoms with E-state index >= 15 is 0 Å². The average Bonchev–Trinajstić information content (AvgIpc) is 2.63. The third-order valence-corrected chi connectivity index (χ3v) is 3.86. The molecule has 0 fully saturated rings. The van der Waals surface area contributed by atoms with Crippen molar-refractivity contribution >= 4 is 28.8 Å². The molecular weight excluding hydrogens is 334 g/mol. The lowest BCUT2D eigenvalue weighted by Gasteiger charge is -2.05. The molecule has 3 rings (SSSR count). The number of para-hydroxylation sites is 1. The summed E-state index contributed by atoms with van der Waals surface area (Å²) in [6, 6.07) is 11.6. The number of hydrogen-bond donors (Lipinski definition) is 1. The topological polar surface area (TPSA) is 89.1 Å². The minimum atomic E-state index is -0.670. The Hall–Kier alpha value is -3.41. The minimum Gasteiger partial charge on any atom is -0.506 e. The Morgan fingerprint density at radius 3 is 2.65 bits per heavy atom. The van der Waals surface area contributed by atoms with Crippen molar-refractivity contribution in [3.8, 4) is 5.75 Å². The Balaban J connectivity index is 1.94. The zero-order valence-electron chi connectivity index (χ0n) is 14.4. The maximum Gasteiger partial charge on any atom is 0.348 e. The van der Waals surface area contributed by atoms with E-state index in [2.05, 4.69) is 4.99 Å². The van der Waals surface area contributed by atoms with Crippen LogP contribution in [0.1, 0.15) is 28.4 Å². The van der Waals surface area contributed by atoms with Crippen LogP contribution in [0.5, 0.6) is 5.75 Å². The molecule has 2 aromatic carbocycles. The molecule has 0 saturated heterocycles. The van der Waals surface area contributed by atoms with Crippen LogP contribution < -0.4 is 5.63 Å². The van der Waals surface area contributed by atoms with Crippen LogP contribution in [0.2, 0.25) is 0 Å². The summed E-state index contributed by atoms with van der Waals surface area (Å²) in [5.74, 6) is -0.585. The summed E-state index contributed by atoms with van der Waals surface area (Å²) < 4.78 is 10.2. The van der Waals surface area contributed by atoms with Gasteiger partial charge in [0, 0.05) is 6.21 Å². The summed E-state index contributed by atoms with van der Waals surface area (Å²) in [6.45, 7) is 3.83. The fourth-order valence-electron chi connectivity index (χ4n) is 2.51. The molecule has 6 nitrogen and oxygen atoms in total. The van der Waals surface area contributed by atoms with Gasteiger partial charge in [-0.05, 0) is 49.7 Å². The Bertz CT molecular complexity index is 1050. The predicted molar refractivity (Wildman–Crippen MR) is 98.5 cm³/mol. The number of carbonyl (C=O) groups is 1. The summed E-state index contributed by atoms with van der Waals surface area (Å²) in [5, 5.41) is 10.8. The van der Waals surface area contributed by atoms with Crippen LogP contribution in [0.25, 0.3) is 11.0 Å². The summed E-state index contributed by atoms with van der Waals surface area (Å²) >= 11 is 0. The number of carbonyl (C=O) groups excluding carboxylic acids is 1. The summed E-state index contributed by atoms with van der Waals surface area (Å²) in [5.41, 5.74) is 1.34. The van der Waals surface area contributed by atoms with E-state index in [-0.39, 0.29) is 11.3 Å². The van der Waals surface area contributed by atoms with Crippen LogP contribution in [0.4, 0.5) is 5.69 Å². The molecule has 1 N–H and O–H groups in total. The van der Waals surface area contributed by atoms with E-state index in [0.29, 0.717) is 28.8 Å². The van der Waals surface area contributed by atoms with Crippen LogP contribution in [0.3, 0.4) is 0 Å². The number of aliphatic imine (C=N–C) groups is 1. The van der Waals surface area contributed by atoms with Gasteiger partial charge < -0.3 is 14.3 Å². The van der Waals surface area contributed by atoms with Crippen LogP contribution in [-0.2, 0) is 4.74 Å². The van der Waals surface area contributed by atoms with E-state index in [1.807, 2.05) is 0 Å². The van der Waals surface area contributed by atoms with Gasteiger partial charge >= 0.3 is 11.6 Å². The van der Waals surface area contributed by atoms with Crippen molar-refractivity contribution in [3.05, 3.63) is 69.6 Å². The van der Waals surface area contributed by atoms with Gasteiger partial charge in [0.2, 0.25) is 0 Å². The Labute approximate surface area is 149 Å². The highest BCUT2D eigenvalue weighted by Gasteiger charge is 2.13. The first kappa shape index (κ1) is 17.4. The molecule has 3 aromatic rings. The lowest BCUT2D eigenvalue weighted by Crippen LogP contribution is -2.07. The number of fused-ring (bicyclic) bond motifs is 1. The number of hydrogen-bond acceptors (Lipinski definition) is 6. The van der Waals surface area contributed by atoms with Gasteiger partial charge in [0.25, 0.3) is 0 Å². The third kappa shape index (κ3) is 3.35. The minimum absolute atomic E-state index is 0.0300. The van der Waals surface area contributed by atoms with Gasteiger partial charge in [0.1, 0.15) is 16.9 Å². The highest BCUT2D eigenvalue weighted by molar-refractivity contribution is 5.95. The van der Waals surface area contributed by atoms with Crippen LogP contribution >= 0.6 is 0 Å². The Morgan fingerprint density at radius 2 is 1.96 bits per heavy atom. The molecule has 26 heavy (non-hydrogen) atoms. The van der Waals surface area contributed by atoms with Gasteiger partial charge in [-0.1, -0.05) is 12.1 Å². The largest absolute Gasteiger partial charge is 0.506 e. The molecule has 0 spiro atoms. The molecule has 0 radical (unpaired) electrons. The highest BCUT2D eigenvalue weighted by Crippen LogP contribution is 2.27. The van der Waals surface area contributed by atoms with Gasteiger partial charge in [-0.25, -0.2) is 9.59 Å². The van der Waals surface area contributed by atoms with Crippen LogP contribution in [-0.4, -0.2) is 23.9 Å². The quantitative estimate of drug-likeness (QED) is 0.439. The predicted octanol–water partition coefficient (Wildman–Crippen LogP) is 3.73. The lowest BCUT2D eigenvalue weighted by atomic mass is 10.1. The highest BCUT2D eigenvalue weighted by atomic mass is 16.5. The fourth-order valence-corrected chi connectivity index (χ4v) is 2.51. The fraction of sp³-hybridized carbons (Fsp3) is 0.150. The van der Waals surface area contributed by atoms with Crippen molar-refractivity contribution in [3.63, 3.8) is 0 Å². The zero-order chi connectivity index (χ0) is 18.7. The number of nitrogens with zero attached hydrogens (tertiary/aromatic N) is 1. The lowest BCUT2D eigenvalue weighted by molar-refractivity contribution is 0.0526. The second-order valence-electron chi connectivity index (χ2n) is 5.63. The number of benzene rings is 2. The molecule has 6 heteroatoms. The second kappa shape index (κ2) is 7.23. The van der Waals surface area contributed by atoms with Crippen molar-refractivity contribution in [2.45, 2.75) is 13.8 Å². The van der Waals surface area contributed by atoms with Gasteiger partial charge in [0.15, 0.2) is 0 Å². The molecule has 0 aliphatic heterocycles. The van der Waals surface area contributed by atoms with E-state index in [4.69, 9.17) is 9.15 Å². The molecule has 0 bridgehead atoms. The molecule has 132 valence electrons. The van der Waals surface area contributed by atoms with E-state index < -0.39 is 11.6 Å². The number of aromatic hydroxyl groups is 1. The van der Waals surface area contributed by atoms with Crippen molar-refractivity contribution in [2.24, 2.45) is 4.99 Å². The molecule has 0 amide bonds. The van der Waals surface area contributed by atoms with Gasteiger partial charge in [0.05, 0.1) is 23.2 Å². The van der Waals surface area contributed by atoms with Crippen molar-refractivity contribution < 1.29 is 19.1 Å². The van der Waals surface area contributed by atoms with Crippen molar-refractivity contribution in [2.75, 3.05) is 6.61 Å². The first-order chi connectivity index (χ1) is 12.5. The summed E-state index contributed by atoms with van der Waals surface area (Å²) in [7, 11) is 0. The number of ether oxygens (including phenoxy) is 1. The molecule has 0 aliphatic carbocycles. The Morgan fingerprint density at radius 1 is 1.23 bits per heavy atom. The summed E-state index contributed by atoms with van der Waals surface area (Å²) in [6.07, 6.45) is 1.25. The maximum atomic E-state index is 12.2. The number of rotatable bonds is 4. The van der Waals surface area contributed by atoms with E-state index in [1.54, 1.807) is 56.3 Å². The number of esters is 1. The van der Waals surface area contributed by atoms with E-state index in [1.165, 1.54) is 6.21 Å². The standard InChI is InChI=1S/C20H17NO5/c1-3-25-19(23)13-7-9-14(10-8-13)21-11-16-17(22)15-6-4-5-12(2)18(15)26-20(16)24/h4-11,22H,3H2,1-2H3. The van der Waals surface area contributed by atoms with Gasteiger partial charge in [-0.15, -0.1) is 0 Å². The molecule has 0 aliphatic rings. The monoisotopic (exact) mass is 351 g/mol. The molecular formula is C20H17NO5. The zero-order valence-corrected chi connectivity index (χ0v) is 14.4. The van der Waals surface area contributed by atoms with Crippen LogP contribution in [0, 0.1) is 6.92 Å². The molecule has 0 atom stereocenters. The number of aryl methyl sites for hydroxylation is 1. The van der Waals surface area contributed by atoms with Gasteiger partial charge in [-0.3, -0.25) is 4.99 Å². The second-order valence-corrected chi connectivity index (χ2v) is 5.63. The first-order valence-electron chi connectivity index (χ1n) is 8.08. The molecule has 1 heterocycles. The van der Waals surface area contributed by atoms with Gasteiger partial charge in [-0.2, -0.15) is 0 Å².